The number of hydrogen-bond donors (Lipinski definition) is 2. The highest BCUT2D eigenvalue weighted by atomic mass is 16.6. The lowest BCUT2D eigenvalue weighted by atomic mass is 9.95. The number of aryl methyl sites for hydroxylation is 1. The van der Waals surface area contributed by atoms with E-state index in [0.717, 1.165) is 30.4 Å². The predicted octanol–water partition coefficient (Wildman–Crippen LogP) is 7.45. The zero-order valence-electron chi connectivity index (χ0n) is 30.9. The van der Waals surface area contributed by atoms with Crippen molar-refractivity contribution in [3.8, 4) is 0 Å². The number of benzene rings is 2. The normalized spacial score (nSPS) is 14.2. The Morgan fingerprint density at radius 1 is 0.792 bits per heavy atom. The number of carbonyl (C=O) groups is 4. The molecule has 9 heteroatoms. The van der Waals surface area contributed by atoms with Gasteiger partial charge in [0.15, 0.2) is 0 Å². The molecule has 266 valence electrons. The summed E-state index contributed by atoms with van der Waals surface area (Å²) < 4.78 is 11.3. The second kappa shape index (κ2) is 18.6. The average Bonchev–Trinajstić information content (AvgIpc) is 2.99. The van der Waals surface area contributed by atoms with Crippen molar-refractivity contribution >= 4 is 23.9 Å². The second-order valence-corrected chi connectivity index (χ2v) is 14.7. The van der Waals surface area contributed by atoms with Crippen LogP contribution in [0.25, 0.3) is 0 Å². The summed E-state index contributed by atoms with van der Waals surface area (Å²) >= 11 is 0. The molecule has 0 saturated carbocycles. The van der Waals surface area contributed by atoms with Crippen molar-refractivity contribution < 1.29 is 28.7 Å². The molecule has 9 nitrogen and oxygen atoms in total. The van der Waals surface area contributed by atoms with Crippen molar-refractivity contribution in [2.45, 2.75) is 137 Å². The highest BCUT2D eigenvalue weighted by Gasteiger charge is 2.39. The van der Waals surface area contributed by atoms with Gasteiger partial charge in [-0.25, -0.2) is 9.59 Å². The number of rotatable bonds is 16. The molecule has 3 amide bonds. The first-order chi connectivity index (χ1) is 22.5. The molecule has 0 saturated heterocycles. The standard InChI is InChI=1S/C39H59N3O6/c1-11-13-14-18-25-42(35(44)32(28(4)12-2)41-37(46)48-39(8,9)10)33(30-23-21-27(3)22-24-30)34(43)40-31(36(45)47-38(5,6)7)26-29-19-16-15-17-20-29/h15-17,19-24,28,31-33H,11-14,18,25-26H2,1-10H3,(H,40,43)(H,41,46). The van der Waals surface area contributed by atoms with Gasteiger partial charge in [-0.1, -0.05) is 107 Å². The van der Waals surface area contributed by atoms with E-state index in [0.29, 0.717) is 18.4 Å². The smallest absolute Gasteiger partial charge is 0.408 e. The van der Waals surface area contributed by atoms with E-state index in [9.17, 15) is 19.2 Å². The molecule has 0 aliphatic carbocycles. The zero-order chi connectivity index (χ0) is 36.1. The van der Waals surface area contributed by atoms with Crippen LogP contribution in [0.15, 0.2) is 54.6 Å². The van der Waals surface area contributed by atoms with E-state index in [1.54, 1.807) is 46.4 Å². The van der Waals surface area contributed by atoms with Gasteiger partial charge in [-0.05, 0) is 71.9 Å². The van der Waals surface area contributed by atoms with Crippen LogP contribution in [0.4, 0.5) is 4.79 Å². The monoisotopic (exact) mass is 665 g/mol. The van der Waals surface area contributed by atoms with E-state index in [1.165, 1.54) is 0 Å². The predicted molar refractivity (Wildman–Crippen MR) is 190 cm³/mol. The number of nitrogens with zero attached hydrogens (tertiary/aromatic N) is 1. The molecule has 0 heterocycles. The third-order valence-corrected chi connectivity index (χ3v) is 7.93. The average molecular weight is 666 g/mol. The van der Waals surface area contributed by atoms with Crippen LogP contribution in [0.3, 0.4) is 0 Å². The summed E-state index contributed by atoms with van der Waals surface area (Å²) in [6.45, 7) is 18.8. The highest BCUT2D eigenvalue weighted by molar-refractivity contribution is 5.94. The first kappa shape index (κ1) is 40.3. The van der Waals surface area contributed by atoms with Gasteiger partial charge in [0.1, 0.15) is 29.3 Å². The van der Waals surface area contributed by atoms with Gasteiger partial charge in [0.2, 0.25) is 11.8 Å². The SMILES string of the molecule is CCCCCCN(C(=O)C(NC(=O)OC(C)(C)C)C(C)CC)C(C(=O)NC(Cc1ccccc1)C(=O)OC(C)(C)C)c1ccc(C)cc1. The molecule has 0 bridgehead atoms. The minimum absolute atomic E-state index is 0.211. The van der Waals surface area contributed by atoms with Crippen LogP contribution >= 0.6 is 0 Å². The quantitative estimate of drug-likeness (QED) is 0.142. The van der Waals surface area contributed by atoms with Crippen LogP contribution in [0.5, 0.6) is 0 Å². The third-order valence-electron chi connectivity index (χ3n) is 7.93. The van der Waals surface area contributed by atoms with Crippen LogP contribution in [-0.4, -0.2) is 58.6 Å². The lowest BCUT2D eigenvalue weighted by Crippen LogP contribution is -2.56. The fourth-order valence-electron chi connectivity index (χ4n) is 5.26. The topological polar surface area (TPSA) is 114 Å². The van der Waals surface area contributed by atoms with E-state index in [1.807, 2.05) is 75.4 Å². The molecule has 0 aromatic heterocycles. The van der Waals surface area contributed by atoms with Crippen molar-refractivity contribution in [2.75, 3.05) is 6.54 Å². The van der Waals surface area contributed by atoms with Crippen molar-refractivity contribution in [1.29, 1.82) is 0 Å². The Morgan fingerprint density at radius 3 is 1.94 bits per heavy atom. The van der Waals surface area contributed by atoms with Gasteiger partial charge in [-0.3, -0.25) is 9.59 Å². The highest BCUT2D eigenvalue weighted by Crippen LogP contribution is 2.27. The van der Waals surface area contributed by atoms with Gasteiger partial charge < -0.3 is 25.0 Å². The summed E-state index contributed by atoms with van der Waals surface area (Å²) in [5.41, 5.74) is 0.924. The molecule has 4 unspecified atom stereocenters. The molecular weight excluding hydrogens is 606 g/mol. The number of unbranched alkanes of at least 4 members (excludes halogenated alkanes) is 3. The summed E-state index contributed by atoms with van der Waals surface area (Å²) in [5.74, 6) is -1.70. The lowest BCUT2D eigenvalue weighted by molar-refractivity contribution is -0.159. The molecule has 4 atom stereocenters. The molecule has 0 radical (unpaired) electrons. The Morgan fingerprint density at radius 2 is 1.40 bits per heavy atom. The van der Waals surface area contributed by atoms with Gasteiger partial charge in [-0.15, -0.1) is 0 Å². The van der Waals surface area contributed by atoms with Crippen LogP contribution in [0, 0.1) is 12.8 Å². The van der Waals surface area contributed by atoms with Crippen molar-refractivity contribution in [2.24, 2.45) is 5.92 Å². The largest absolute Gasteiger partial charge is 0.458 e. The molecule has 2 N–H and O–H groups in total. The first-order valence-electron chi connectivity index (χ1n) is 17.4. The number of alkyl carbamates (subject to hydrolysis) is 1. The molecular formula is C39H59N3O6. The first-order valence-corrected chi connectivity index (χ1v) is 17.4. The third kappa shape index (κ3) is 13.7. The van der Waals surface area contributed by atoms with Gasteiger partial charge in [0.25, 0.3) is 0 Å². The fraction of sp³-hybridized carbons (Fsp3) is 0.590. The molecule has 0 aliphatic heterocycles. The number of nitrogens with one attached hydrogen (secondary N) is 2. The number of hydrogen-bond acceptors (Lipinski definition) is 6. The fourth-order valence-corrected chi connectivity index (χ4v) is 5.26. The minimum atomic E-state index is -1.08. The molecule has 0 fully saturated rings. The van der Waals surface area contributed by atoms with Crippen LogP contribution in [-0.2, 0) is 30.3 Å². The summed E-state index contributed by atoms with van der Waals surface area (Å²) in [5, 5.41) is 5.79. The number of carbonyl (C=O) groups excluding carboxylic acids is 4. The minimum Gasteiger partial charge on any atom is -0.458 e. The maximum atomic E-state index is 14.7. The number of esters is 1. The van der Waals surface area contributed by atoms with Gasteiger partial charge in [0.05, 0.1) is 0 Å². The van der Waals surface area contributed by atoms with Crippen LogP contribution < -0.4 is 10.6 Å². The van der Waals surface area contributed by atoms with Gasteiger partial charge in [-0.2, -0.15) is 0 Å². The summed E-state index contributed by atoms with van der Waals surface area (Å²) in [6, 6.07) is 13.9. The second-order valence-electron chi connectivity index (χ2n) is 14.7. The van der Waals surface area contributed by atoms with Crippen LogP contribution in [0.1, 0.15) is 117 Å². The van der Waals surface area contributed by atoms with E-state index in [-0.39, 0.29) is 24.8 Å². The molecule has 2 aromatic carbocycles. The van der Waals surface area contributed by atoms with Crippen molar-refractivity contribution in [3.63, 3.8) is 0 Å². The summed E-state index contributed by atoms with van der Waals surface area (Å²) in [4.78, 5) is 57.4. The van der Waals surface area contributed by atoms with E-state index < -0.39 is 47.3 Å². The van der Waals surface area contributed by atoms with E-state index in [4.69, 9.17) is 9.47 Å². The number of amides is 3. The molecule has 2 rings (SSSR count). The van der Waals surface area contributed by atoms with Crippen molar-refractivity contribution in [1.82, 2.24) is 15.5 Å². The Balaban J connectivity index is 2.64. The zero-order valence-corrected chi connectivity index (χ0v) is 30.9. The maximum Gasteiger partial charge on any atom is 0.408 e. The number of ether oxygens (including phenoxy) is 2. The molecule has 2 aromatic rings. The lowest BCUT2D eigenvalue weighted by Gasteiger charge is -2.37. The maximum absolute atomic E-state index is 14.7. The Labute approximate surface area is 288 Å². The molecule has 0 aliphatic rings. The van der Waals surface area contributed by atoms with Crippen molar-refractivity contribution in [3.05, 3.63) is 71.3 Å². The molecule has 0 spiro atoms. The Bertz CT molecular complexity index is 1310. The molecule has 48 heavy (non-hydrogen) atoms. The van der Waals surface area contributed by atoms with Crippen LogP contribution in [0.2, 0.25) is 0 Å². The van der Waals surface area contributed by atoms with E-state index in [2.05, 4.69) is 17.6 Å². The van der Waals surface area contributed by atoms with E-state index >= 15 is 0 Å². The Hall–Kier alpha value is -3.88. The summed E-state index contributed by atoms with van der Waals surface area (Å²) in [6.07, 6.45) is 3.63. The summed E-state index contributed by atoms with van der Waals surface area (Å²) in [7, 11) is 0. The van der Waals surface area contributed by atoms with Gasteiger partial charge >= 0.3 is 12.1 Å². The Kier molecular flexibility index (Phi) is 15.6. The van der Waals surface area contributed by atoms with Gasteiger partial charge in [0, 0.05) is 13.0 Å².